The Morgan fingerprint density at radius 2 is 1.96 bits per heavy atom. The van der Waals surface area contributed by atoms with Crippen LogP contribution in [0.15, 0.2) is 48.7 Å². The molecular formula is C18H12N2O3. The Balaban J connectivity index is 2.27. The summed E-state index contributed by atoms with van der Waals surface area (Å²) in [5.41, 5.74) is 3.00. The first-order valence-electron chi connectivity index (χ1n) is 6.85. The number of hydrogen-bond acceptors (Lipinski definition) is 4. The molecule has 5 nitrogen and oxygen atoms in total. The van der Waals surface area contributed by atoms with Crippen LogP contribution >= 0.6 is 0 Å². The second-order valence-electron chi connectivity index (χ2n) is 4.90. The number of carboxylic acid groups (broad SMARTS) is 1. The van der Waals surface area contributed by atoms with Crippen molar-refractivity contribution in [1.82, 2.24) is 4.98 Å². The predicted octanol–water partition coefficient (Wildman–Crippen LogP) is 3.48. The third kappa shape index (κ3) is 2.47. The van der Waals surface area contributed by atoms with E-state index in [1.54, 1.807) is 18.2 Å². The number of aromatic carboxylic acids is 1. The molecule has 0 spiro atoms. The number of ether oxygens (including phenoxy) is 1. The van der Waals surface area contributed by atoms with Crippen molar-refractivity contribution >= 4 is 16.9 Å². The van der Waals surface area contributed by atoms with Crippen molar-refractivity contribution in [3.05, 3.63) is 59.8 Å². The lowest BCUT2D eigenvalue weighted by Crippen LogP contribution is -2.02. The average molecular weight is 304 g/mol. The summed E-state index contributed by atoms with van der Waals surface area (Å²) in [6.45, 7) is 0. The van der Waals surface area contributed by atoms with E-state index in [1.807, 2.05) is 24.3 Å². The number of hydrogen-bond donors (Lipinski definition) is 1. The van der Waals surface area contributed by atoms with E-state index in [2.05, 4.69) is 11.1 Å². The number of aromatic nitrogens is 1. The van der Waals surface area contributed by atoms with E-state index < -0.39 is 5.97 Å². The Bertz CT molecular complexity index is 941. The predicted molar refractivity (Wildman–Crippen MR) is 85.4 cm³/mol. The van der Waals surface area contributed by atoms with Crippen LogP contribution in [0.5, 0.6) is 5.75 Å². The normalized spacial score (nSPS) is 10.3. The highest BCUT2D eigenvalue weighted by Gasteiger charge is 2.17. The van der Waals surface area contributed by atoms with Crippen molar-refractivity contribution in [2.75, 3.05) is 7.11 Å². The Morgan fingerprint density at radius 3 is 2.57 bits per heavy atom. The van der Waals surface area contributed by atoms with E-state index in [-0.39, 0.29) is 11.3 Å². The summed E-state index contributed by atoms with van der Waals surface area (Å²) < 4.78 is 5.28. The molecule has 0 amide bonds. The van der Waals surface area contributed by atoms with E-state index in [0.717, 1.165) is 11.1 Å². The lowest BCUT2D eigenvalue weighted by molar-refractivity contribution is 0.0693. The molecule has 0 unspecified atom stereocenters. The molecule has 0 bridgehead atoms. The summed E-state index contributed by atoms with van der Waals surface area (Å²) in [6.07, 6.45) is 1.30. The lowest BCUT2D eigenvalue weighted by Gasteiger charge is -2.11. The van der Waals surface area contributed by atoms with Gasteiger partial charge in [-0.1, -0.05) is 24.3 Å². The monoisotopic (exact) mass is 304 g/mol. The molecule has 1 aromatic heterocycles. The number of carbonyl (C=O) groups is 1. The highest BCUT2D eigenvalue weighted by atomic mass is 16.5. The van der Waals surface area contributed by atoms with Gasteiger partial charge in [0.1, 0.15) is 11.3 Å². The van der Waals surface area contributed by atoms with Crippen molar-refractivity contribution in [3.8, 4) is 22.9 Å². The van der Waals surface area contributed by atoms with Gasteiger partial charge < -0.3 is 9.84 Å². The van der Waals surface area contributed by atoms with Crippen LogP contribution in [0.25, 0.3) is 22.0 Å². The van der Waals surface area contributed by atoms with Gasteiger partial charge in [0, 0.05) is 17.1 Å². The number of para-hydroxylation sites is 1. The molecule has 0 aliphatic heterocycles. The number of rotatable bonds is 3. The number of benzene rings is 2. The van der Waals surface area contributed by atoms with Crippen LogP contribution in [0.1, 0.15) is 15.9 Å². The van der Waals surface area contributed by atoms with E-state index in [1.165, 1.54) is 13.3 Å². The second kappa shape index (κ2) is 5.78. The van der Waals surface area contributed by atoms with Gasteiger partial charge >= 0.3 is 5.97 Å². The number of nitrogens with zero attached hydrogens (tertiary/aromatic N) is 2. The molecule has 0 saturated carbocycles. The fraction of sp³-hybridized carbons (Fsp3) is 0.0556. The van der Waals surface area contributed by atoms with Crippen LogP contribution < -0.4 is 4.74 Å². The summed E-state index contributed by atoms with van der Waals surface area (Å²) in [5, 5.41) is 18.8. The smallest absolute Gasteiger partial charge is 0.341 e. The summed E-state index contributed by atoms with van der Waals surface area (Å²) in [5.74, 6) is -0.793. The Hall–Kier alpha value is -3.39. The first-order chi connectivity index (χ1) is 11.2. The van der Waals surface area contributed by atoms with E-state index >= 15 is 0 Å². The van der Waals surface area contributed by atoms with E-state index in [9.17, 15) is 9.90 Å². The summed E-state index contributed by atoms with van der Waals surface area (Å²) >= 11 is 0. The van der Waals surface area contributed by atoms with E-state index in [4.69, 9.17) is 10.00 Å². The van der Waals surface area contributed by atoms with Crippen LogP contribution in [0.4, 0.5) is 0 Å². The van der Waals surface area contributed by atoms with Gasteiger partial charge in [-0.05, 0) is 23.8 Å². The van der Waals surface area contributed by atoms with Gasteiger partial charge in [0.2, 0.25) is 0 Å². The van der Waals surface area contributed by atoms with Gasteiger partial charge in [-0.2, -0.15) is 5.26 Å². The third-order valence-electron chi connectivity index (χ3n) is 3.61. The molecule has 3 aromatic rings. The summed E-state index contributed by atoms with van der Waals surface area (Å²) in [4.78, 5) is 15.6. The van der Waals surface area contributed by atoms with Crippen LogP contribution in [0.2, 0.25) is 0 Å². The average Bonchev–Trinajstić information content (AvgIpc) is 2.60. The Labute approximate surface area is 132 Å². The Kier molecular flexibility index (Phi) is 3.65. The first kappa shape index (κ1) is 14.5. The number of nitriles is 1. The fourth-order valence-electron chi connectivity index (χ4n) is 2.53. The molecule has 0 aliphatic rings. The van der Waals surface area contributed by atoms with Crippen molar-refractivity contribution < 1.29 is 14.6 Å². The van der Waals surface area contributed by atoms with Crippen molar-refractivity contribution in [2.45, 2.75) is 0 Å². The molecule has 0 aliphatic carbocycles. The van der Waals surface area contributed by atoms with Crippen molar-refractivity contribution in [2.24, 2.45) is 0 Å². The molecule has 0 radical (unpaired) electrons. The standard InChI is InChI=1S/C18H12N2O3/c1-23-17-14-4-2-3-13(12-7-5-11(9-19)6-8-12)16(14)20-10-15(17)18(21)22/h2-8,10H,1H3,(H,21,22). The molecule has 1 N–H and O–H groups in total. The van der Waals surface area contributed by atoms with Crippen LogP contribution in [0.3, 0.4) is 0 Å². The van der Waals surface area contributed by atoms with Crippen LogP contribution in [0, 0.1) is 11.3 Å². The number of fused-ring (bicyclic) bond motifs is 1. The minimum absolute atomic E-state index is 0.0250. The van der Waals surface area contributed by atoms with Crippen molar-refractivity contribution in [1.29, 1.82) is 5.26 Å². The molecule has 0 atom stereocenters. The Morgan fingerprint density at radius 1 is 1.22 bits per heavy atom. The SMILES string of the molecule is COc1c(C(=O)O)cnc2c(-c3ccc(C#N)cc3)cccc12. The first-order valence-corrected chi connectivity index (χ1v) is 6.85. The van der Waals surface area contributed by atoms with Gasteiger partial charge in [-0.25, -0.2) is 4.79 Å². The topological polar surface area (TPSA) is 83.2 Å². The maximum atomic E-state index is 11.3. The zero-order valence-corrected chi connectivity index (χ0v) is 12.3. The number of carboxylic acids is 1. The second-order valence-corrected chi connectivity index (χ2v) is 4.90. The highest BCUT2D eigenvalue weighted by molar-refractivity contribution is 6.03. The minimum atomic E-state index is -1.08. The molecular weight excluding hydrogens is 292 g/mol. The minimum Gasteiger partial charge on any atom is -0.495 e. The van der Waals surface area contributed by atoms with Gasteiger partial charge in [-0.15, -0.1) is 0 Å². The summed E-state index contributed by atoms with van der Waals surface area (Å²) in [7, 11) is 1.44. The zero-order chi connectivity index (χ0) is 16.4. The van der Waals surface area contributed by atoms with Gasteiger partial charge in [-0.3, -0.25) is 4.98 Å². The molecule has 1 heterocycles. The third-order valence-corrected chi connectivity index (χ3v) is 3.61. The highest BCUT2D eigenvalue weighted by Crippen LogP contribution is 2.34. The number of methoxy groups -OCH3 is 1. The quantitative estimate of drug-likeness (QED) is 0.801. The van der Waals surface area contributed by atoms with Crippen molar-refractivity contribution in [3.63, 3.8) is 0 Å². The molecule has 112 valence electrons. The van der Waals surface area contributed by atoms with Gasteiger partial charge in [0.15, 0.2) is 0 Å². The van der Waals surface area contributed by atoms with Crippen LogP contribution in [-0.4, -0.2) is 23.2 Å². The van der Waals surface area contributed by atoms with E-state index in [0.29, 0.717) is 16.5 Å². The maximum absolute atomic E-state index is 11.3. The van der Waals surface area contributed by atoms with Crippen LogP contribution in [-0.2, 0) is 0 Å². The molecule has 0 fully saturated rings. The molecule has 0 saturated heterocycles. The molecule has 23 heavy (non-hydrogen) atoms. The zero-order valence-electron chi connectivity index (χ0n) is 12.3. The molecule has 3 rings (SSSR count). The molecule has 5 heteroatoms. The summed E-state index contributed by atoms with van der Waals surface area (Å²) in [6, 6.07) is 14.7. The fourth-order valence-corrected chi connectivity index (χ4v) is 2.53. The molecule has 2 aromatic carbocycles. The lowest BCUT2D eigenvalue weighted by atomic mass is 9.99. The largest absolute Gasteiger partial charge is 0.495 e. The maximum Gasteiger partial charge on any atom is 0.341 e. The number of pyridine rings is 1. The van der Waals surface area contributed by atoms with Gasteiger partial charge in [0.05, 0.1) is 24.3 Å². The van der Waals surface area contributed by atoms with Gasteiger partial charge in [0.25, 0.3) is 0 Å².